The van der Waals surface area contributed by atoms with Gasteiger partial charge in [0.05, 0.1) is 12.1 Å². The Morgan fingerprint density at radius 2 is 1.96 bits per heavy atom. The van der Waals surface area contributed by atoms with E-state index < -0.39 is 0 Å². The summed E-state index contributed by atoms with van der Waals surface area (Å²) >= 11 is 0. The summed E-state index contributed by atoms with van der Waals surface area (Å²) in [7, 11) is 1.80. The van der Waals surface area contributed by atoms with Crippen LogP contribution in [0.3, 0.4) is 0 Å². The molecule has 0 aliphatic carbocycles. The third-order valence-electron chi connectivity index (χ3n) is 4.52. The van der Waals surface area contributed by atoms with Gasteiger partial charge in [-0.1, -0.05) is 17.3 Å². The summed E-state index contributed by atoms with van der Waals surface area (Å²) in [5.74, 6) is 1.44. The van der Waals surface area contributed by atoms with E-state index in [-0.39, 0.29) is 11.7 Å². The van der Waals surface area contributed by atoms with Crippen LogP contribution >= 0.6 is 0 Å². The van der Waals surface area contributed by atoms with Crippen LogP contribution in [0.1, 0.15) is 11.4 Å². The molecule has 1 fully saturated rings. The topological polar surface area (TPSA) is 75.4 Å². The quantitative estimate of drug-likeness (QED) is 0.703. The minimum Gasteiger partial charge on any atom is -0.346 e. The van der Waals surface area contributed by atoms with Crippen molar-refractivity contribution >= 4 is 11.7 Å². The van der Waals surface area contributed by atoms with Gasteiger partial charge in [-0.3, -0.25) is 4.79 Å². The normalized spacial score (nSPS) is 14.7. The van der Waals surface area contributed by atoms with Crippen LogP contribution in [-0.2, 0) is 11.2 Å². The van der Waals surface area contributed by atoms with Gasteiger partial charge in [0, 0.05) is 32.8 Å². The van der Waals surface area contributed by atoms with Gasteiger partial charge in [-0.15, -0.1) is 0 Å². The highest BCUT2D eigenvalue weighted by atomic mass is 19.1. The predicted octanol–water partition coefficient (Wildman–Crippen LogP) is 2.14. The van der Waals surface area contributed by atoms with Crippen molar-refractivity contribution in [2.24, 2.45) is 0 Å². The Labute approximate surface area is 155 Å². The Hall–Kier alpha value is -3.29. The molecule has 8 heteroatoms. The van der Waals surface area contributed by atoms with Crippen molar-refractivity contribution in [3.8, 4) is 11.5 Å². The minimum atomic E-state index is -0.277. The summed E-state index contributed by atoms with van der Waals surface area (Å²) in [6, 6.07) is 9.89. The molecule has 138 valence electrons. The van der Waals surface area contributed by atoms with Gasteiger partial charge in [0.15, 0.2) is 5.82 Å². The second kappa shape index (κ2) is 7.14. The average Bonchev–Trinajstić information content (AvgIpc) is 3.14. The minimum absolute atomic E-state index is 0.0782. The summed E-state index contributed by atoms with van der Waals surface area (Å²) in [5.41, 5.74) is 1.61. The second-order valence-corrected chi connectivity index (χ2v) is 6.46. The molecular weight excluding hydrogens is 349 g/mol. The molecule has 3 aromatic rings. The van der Waals surface area contributed by atoms with E-state index >= 15 is 0 Å². The molecule has 2 aromatic heterocycles. The second-order valence-electron chi connectivity index (χ2n) is 6.46. The number of anilines is 1. The van der Waals surface area contributed by atoms with E-state index in [4.69, 9.17) is 4.52 Å². The van der Waals surface area contributed by atoms with Gasteiger partial charge in [-0.05, 0) is 29.8 Å². The Morgan fingerprint density at radius 1 is 1.15 bits per heavy atom. The summed E-state index contributed by atoms with van der Waals surface area (Å²) in [6.45, 7) is 1.75. The fourth-order valence-corrected chi connectivity index (χ4v) is 2.88. The molecule has 1 aliphatic heterocycles. The lowest BCUT2D eigenvalue weighted by atomic mass is 10.1. The van der Waals surface area contributed by atoms with Gasteiger partial charge in [-0.2, -0.15) is 4.98 Å². The number of halogens is 1. The standard InChI is InChI=1S/C19H18FN5O2/c1-24-8-9-25(12-18(24)26)17-7-4-14(11-21-17)19-22-16(23-27-19)10-13-2-5-15(20)6-3-13/h2-7,11H,8-10,12H2,1H3. The van der Waals surface area contributed by atoms with Gasteiger partial charge >= 0.3 is 0 Å². The van der Waals surface area contributed by atoms with Crippen molar-refractivity contribution in [2.45, 2.75) is 6.42 Å². The van der Waals surface area contributed by atoms with Crippen LogP contribution in [0, 0.1) is 5.82 Å². The largest absolute Gasteiger partial charge is 0.346 e. The molecule has 0 bridgehead atoms. The van der Waals surface area contributed by atoms with Crippen LogP contribution in [0.5, 0.6) is 0 Å². The number of nitrogens with zero attached hydrogens (tertiary/aromatic N) is 5. The van der Waals surface area contributed by atoms with Crippen LogP contribution < -0.4 is 4.90 Å². The number of carbonyl (C=O) groups is 1. The molecule has 7 nitrogen and oxygen atoms in total. The lowest BCUT2D eigenvalue weighted by Gasteiger charge is -2.32. The number of rotatable bonds is 4. The molecule has 0 unspecified atom stereocenters. The van der Waals surface area contributed by atoms with E-state index in [0.29, 0.717) is 36.8 Å². The highest BCUT2D eigenvalue weighted by Crippen LogP contribution is 2.21. The zero-order valence-electron chi connectivity index (χ0n) is 14.8. The van der Waals surface area contributed by atoms with Gasteiger partial charge in [-0.25, -0.2) is 9.37 Å². The number of carbonyl (C=O) groups excluding carboxylic acids is 1. The van der Waals surface area contributed by atoms with Crippen molar-refractivity contribution in [3.05, 3.63) is 59.8 Å². The molecule has 1 amide bonds. The van der Waals surface area contributed by atoms with Crippen molar-refractivity contribution in [3.63, 3.8) is 0 Å². The average molecular weight is 367 g/mol. The number of aromatic nitrogens is 3. The predicted molar refractivity (Wildman–Crippen MR) is 96.6 cm³/mol. The molecule has 1 aromatic carbocycles. The van der Waals surface area contributed by atoms with E-state index in [1.807, 2.05) is 17.0 Å². The van der Waals surface area contributed by atoms with Crippen molar-refractivity contribution < 1.29 is 13.7 Å². The molecule has 0 N–H and O–H groups in total. The van der Waals surface area contributed by atoms with Crippen LogP contribution in [0.15, 0.2) is 47.1 Å². The molecule has 4 rings (SSSR count). The van der Waals surface area contributed by atoms with E-state index in [1.54, 1.807) is 30.3 Å². The molecule has 0 saturated carbocycles. The molecule has 1 saturated heterocycles. The van der Waals surface area contributed by atoms with Crippen molar-refractivity contribution in [1.29, 1.82) is 0 Å². The maximum Gasteiger partial charge on any atom is 0.259 e. The zero-order valence-corrected chi connectivity index (χ0v) is 14.8. The number of pyridine rings is 1. The van der Waals surface area contributed by atoms with E-state index in [9.17, 15) is 9.18 Å². The first-order valence-corrected chi connectivity index (χ1v) is 8.61. The third-order valence-corrected chi connectivity index (χ3v) is 4.52. The fourth-order valence-electron chi connectivity index (χ4n) is 2.88. The van der Waals surface area contributed by atoms with Gasteiger partial charge in [0.1, 0.15) is 11.6 Å². The Morgan fingerprint density at radius 3 is 2.67 bits per heavy atom. The highest BCUT2D eigenvalue weighted by molar-refractivity contribution is 5.82. The SMILES string of the molecule is CN1CCN(c2ccc(-c3nc(Cc4ccc(F)cc4)no3)cn2)CC1=O. The Bertz CT molecular complexity index is 939. The number of likely N-dealkylation sites (N-methyl/N-ethyl adjacent to an activating group) is 1. The Balaban J connectivity index is 1.45. The van der Waals surface area contributed by atoms with E-state index in [1.165, 1.54) is 12.1 Å². The Kier molecular flexibility index (Phi) is 4.53. The monoisotopic (exact) mass is 367 g/mol. The van der Waals surface area contributed by atoms with Crippen LogP contribution in [-0.4, -0.2) is 52.6 Å². The molecule has 27 heavy (non-hydrogen) atoms. The first kappa shape index (κ1) is 17.1. The lowest BCUT2D eigenvalue weighted by Crippen LogP contribution is -2.48. The molecule has 0 atom stereocenters. The number of amides is 1. The maximum absolute atomic E-state index is 13.0. The first-order chi connectivity index (χ1) is 13.1. The lowest BCUT2D eigenvalue weighted by molar-refractivity contribution is -0.129. The first-order valence-electron chi connectivity index (χ1n) is 8.61. The van der Waals surface area contributed by atoms with E-state index in [0.717, 1.165) is 17.9 Å². The van der Waals surface area contributed by atoms with Gasteiger partial charge in [0.2, 0.25) is 5.91 Å². The molecule has 1 aliphatic rings. The number of piperazine rings is 1. The summed E-state index contributed by atoms with van der Waals surface area (Å²) in [6.07, 6.45) is 2.12. The number of hydrogen-bond donors (Lipinski definition) is 0. The molecular formula is C19H18FN5O2. The van der Waals surface area contributed by atoms with Gasteiger partial charge < -0.3 is 14.3 Å². The summed E-state index contributed by atoms with van der Waals surface area (Å²) in [5, 5.41) is 3.97. The number of benzene rings is 1. The highest BCUT2D eigenvalue weighted by Gasteiger charge is 2.22. The van der Waals surface area contributed by atoms with Crippen LogP contribution in [0.2, 0.25) is 0 Å². The maximum atomic E-state index is 13.0. The van der Waals surface area contributed by atoms with Crippen molar-refractivity contribution in [2.75, 3.05) is 31.6 Å². The fraction of sp³-hybridized carbons (Fsp3) is 0.263. The van der Waals surface area contributed by atoms with Crippen LogP contribution in [0.25, 0.3) is 11.5 Å². The summed E-state index contributed by atoms with van der Waals surface area (Å²) in [4.78, 5) is 24.3. The van der Waals surface area contributed by atoms with Crippen molar-refractivity contribution in [1.82, 2.24) is 20.0 Å². The van der Waals surface area contributed by atoms with Crippen LogP contribution in [0.4, 0.5) is 10.2 Å². The van der Waals surface area contributed by atoms with Gasteiger partial charge in [0.25, 0.3) is 5.89 Å². The molecule has 0 radical (unpaired) electrons. The summed E-state index contributed by atoms with van der Waals surface area (Å²) < 4.78 is 18.3. The smallest absolute Gasteiger partial charge is 0.259 e. The molecule has 3 heterocycles. The number of hydrogen-bond acceptors (Lipinski definition) is 6. The third kappa shape index (κ3) is 3.79. The molecule has 0 spiro atoms. The van der Waals surface area contributed by atoms with E-state index in [2.05, 4.69) is 15.1 Å². The zero-order chi connectivity index (χ0) is 18.8.